The molecule has 166 valence electrons. The number of benzene rings is 1. The predicted octanol–water partition coefficient (Wildman–Crippen LogP) is 9.54. The molecule has 1 aromatic carbocycles. The van der Waals surface area contributed by atoms with Crippen molar-refractivity contribution in [2.45, 2.75) is 120 Å². The van der Waals surface area contributed by atoms with Gasteiger partial charge in [0.1, 0.15) is 0 Å². The molecule has 0 radical (unpaired) electrons. The van der Waals surface area contributed by atoms with Crippen molar-refractivity contribution in [3.8, 4) is 0 Å². The monoisotopic (exact) mass is 398 g/mol. The van der Waals surface area contributed by atoms with Crippen molar-refractivity contribution in [3.63, 3.8) is 0 Å². The molecule has 2 atom stereocenters. The summed E-state index contributed by atoms with van der Waals surface area (Å²) in [5.41, 5.74) is 7.39. The number of hydrogen-bond acceptors (Lipinski definition) is 0. The fraction of sp³-hybridized carbons (Fsp3) is 0.724. The van der Waals surface area contributed by atoms with Gasteiger partial charge in [0.25, 0.3) is 0 Å². The summed E-state index contributed by atoms with van der Waals surface area (Å²) < 4.78 is 0. The lowest BCUT2D eigenvalue weighted by Gasteiger charge is -2.15. The largest absolute Gasteiger partial charge is 0.0812 e. The standard InChI is InChI=1S/C29H50/c1-22(2)12-9-13-23(3)14-10-15-24(4)16-11-17-25(5)18-20-29-21-19-26(6)27(7)28(29)8/h18-19,21-24H,9-17,20H2,1-8H3/b25-18+/t23-,24-/m1/s1. The molecule has 0 unspecified atom stereocenters. The van der Waals surface area contributed by atoms with Crippen molar-refractivity contribution in [2.24, 2.45) is 17.8 Å². The van der Waals surface area contributed by atoms with E-state index in [1.54, 1.807) is 5.57 Å². The SMILES string of the molecule is C/C(=C\Cc1ccc(C)c(C)c1C)CCC[C@H](C)CCC[C@H](C)CCCC(C)C. The Kier molecular flexibility index (Phi) is 12.6. The lowest BCUT2D eigenvalue weighted by Crippen LogP contribution is -2.00. The highest BCUT2D eigenvalue weighted by Gasteiger charge is 2.07. The Morgan fingerprint density at radius 1 is 0.759 bits per heavy atom. The molecular weight excluding hydrogens is 348 g/mol. The van der Waals surface area contributed by atoms with Crippen LogP contribution in [0.2, 0.25) is 0 Å². The number of aryl methyl sites for hydroxylation is 1. The zero-order chi connectivity index (χ0) is 21.8. The van der Waals surface area contributed by atoms with E-state index in [2.05, 4.69) is 73.6 Å². The Balaban J connectivity index is 2.20. The summed E-state index contributed by atoms with van der Waals surface area (Å²) >= 11 is 0. The van der Waals surface area contributed by atoms with Gasteiger partial charge >= 0.3 is 0 Å². The summed E-state index contributed by atoms with van der Waals surface area (Å²) in [6.45, 7) is 18.6. The second kappa shape index (κ2) is 14.1. The van der Waals surface area contributed by atoms with Gasteiger partial charge in [-0.1, -0.05) is 96.4 Å². The molecular formula is C29H50. The minimum Gasteiger partial charge on any atom is -0.0812 e. The summed E-state index contributed by atoms with van der Waals surface area (Å²) in [5, 5.41) is 0. The van der Waals surface area contributed by atoms with Crippen LogP contribution in [0.3, 0.4) is 0 Å². The Labute approximate surface area is 183 Å². The maximum absolute atomic E-state index is 2.46. The minimum atomic E-state index is 0.866. The molecule has 0 spiro atoms. The Morgan fingerprint density at radius 2 is 1.31 bits per heavy atom. The lowest BCUT2D eigenvalue weighted by atomic mass is 9.91. The van der Waals surface area contributed by atoms with Crippen LogP contribution < -0.4 is 0 Å². The van der Waals surface area contributed by atoms with Crippen LogP contribution in [0.1, 0.15) is 115 Å². The summed E-state index contributed by atoms with van der Waals surface area (Å²) in [5.74, 6) is 2.66. The van der Waals surface area contributed by atoms with Crippen LogP contribution in [0.15, 0.2) is 23.8 Å². The summed E-state index contributed by atoms with van der Waals surface area (Å²) in [4.78, 5) is 0. The van der Waals surface area contributed by atoms with Crippen molar-refractivity contribution in [3.05, 3.63) is 46.0 Å². The molecule has 0 heterocycles. The van der Waals surface area contributed by atoms with E-state index < -0.39 is 0 Å². The zero-order valence-electron chi connectivity index (χ0n) is 21.0. The molecule has 1 aromatic rings. The van der Waals surface area contributed by atoms with Gasteiger partial charge in [-0.05, 0) is 87.0 Å². The van der Waals surface area contributed by atoms with Gasteiger partial charge in [-0.3, -0.25) is 0 Å². The molecule has 29 heavy (non-hydrogen) atoms. The number of hydrogen-bond donors (Lipinski definition) is 0. The van der Waals surface area contributed by atoms with E-state index in [-0.39, 0.29) is 0 Å². The highest BCUT2D eigenvalue weighted by molar-refractivity contribution is 5.39. The molecule has 0 bridgehead atoms. The van der Waals surface area contributed by atoms with Crippen LogP contribution >= 0.6 is 0 Å². The smallest absolute Gasteiger partial charge is 0.00921 e. The van der Waals surface area contributed by atoms with E-state index >= 15 is 0 Å². The average molecular weight is 399 g/mol. The van der Waals surface area contributed by atoms with Crippen LogP contribution in [-0.4, -0.2) is 0 Å². The van der Waals surface area contributed by atoms with Gasteiger partial charge in [0.05, 0.1) is 0 Å². The molecule has 0 amide bonds. The molecule has 0 saturated carbocycles. The molecule has 0 saturated heterocycles. The van der Waals surface area contributed by atoms with Crippen molar-refractivity contribution >= 4 is 0 Å². The van der Waals surface area contributed by atoms with E-state index in [0.717, 1.165) is 24.2 Å². The van der Waals surface area contributed by atoms with Crippen LogP contribution in [0.4, 0.5) is 0 Å². The van der Waals surface area contributed by atoms with Gasteiger partial charge in [-0.15, -0.1) is 0 Å². The average Bonchev–Trinajstić information content (AvgIpc) is 2.65. The van der Waals surface area contributed by atoms with Crippen molar-refractivity contribution in [1.29, 1.82) is 0 Å². The van der Waals surface area contributed by atoms with Gasteiger partial charge in [-0.25, -0.2) is 0 Å². The van der Waals surface area contributed by atoms with Crippen molar-refractivity contribution in [1.82, 2.24) is 0 Å². The van der Waals surface area contributed by atoms with Gasteiger partial charge < -0.3 is 0 Å². The Morgan fingerprint density at radius 3 is 1.90 bits per heavy atom. The zero-order valence-corrected chi connectivity index (χ0v) is 21.0. The van der Waals surface area contributed by atoms with E-state index in [0.29, 0.717) is 0 Å². The topological polar surface area (TPSA) is 0 Å². The summed E-state index contributed by atoms with van der Waals surface area (Å²) in [6, 6.07) is 4.58. The quantitative estimate of drug-likeness (QED) is 0.274. The van der Waals surface area contributed by atoms with Crippen LogP contribution in [0, 0.1) is 38.5 Å². The van der Waals surface area contributed by atoms with E-state index in [4.69, 9.17) is 0 Å². The molecule has 0 aliphatic rings. The van der Waals surface area contributed by atoms with Crippen LogP contribution in [0.5, 0.6) is 0 Å². The van der Waals surface area contributed by atoms with Gasteiger partial charge in [0, 0.05) is 0 Å². The first-order chi connectivity index (χ1) is 13.7. The predicted molar refractivity (Wildman–Crippen MR) is 133 cm³/mol. The molecule has 0 aliphatic carbocycles. The molecule has 0 aliphatic heterocycles. The minimum absolute atomic E-state index is 0.866. The molecule has 1 rings (SSSR count). The van der Waals surface area contributed by atoms with E-state index in [1.165, 1.54) is 80.0 Å². The third-order valence-electron chi connectivity index (χ3n) is 6.98. The highest BCUT2D eigenvalue weighted by atomic mass is 14.1. The normalized spacial score (nSPS) is 14.4. The third-order valence-corrected chi connectivity index (χ3v) is 6.98. The van der Waals surface area contributed by atoms with Crippen LogP contribution in [-0.2, 0) is 6.42 Å². The number of allylic oxidation sites excluding steroid dienone is 2. The van der Waals surface area contributed by atoms with Gasteiger partial charge in [-0.2, -0.15) is 0 Å². The molecule has 0 heteroatoms. The van der Waals surface area contributed by atoms with Crippen molar-refractivity contribution < 1.29 is 0 Å². The fourth-order valence-electron chi connectivity index (χ4n) is 4.33. The molecule has 0 nitrogen and oxygen atoms in total. The first-order valence-electron chi connectivity index (χ1n) is 12.4. The number of rotatable bonds is 14. The van der Waals surface area contributed by atoms with E-state index in [9.17, 15) is 0 Å². The van der Waals surface area contributed by atoms with E-state index in [1.807, 2.05) is 0 Å². The first kappa shape index (κ1) is 26.0. The van der Waals surface area contributed by atoms with Gasteiger partial charge in [0.15, 0.2) is 0 Å². The second-order valence-electron chi connectivity index (χ2n) is 10.4. The molecule has 0 aromatic heterocycles. The first-order valence-corrected chi connectivity index (χ1v) is 12.4. The maximum atomic E-state index is 2.46. The summed E-state index contributed by atoms with van der Waals surface area (Å²) in [7, 11) is 0. The Hall–Kier alpha value is -1.04. The summed E-state index contributed by atoms with van der Waals surface area (Å²) in [6.07, 6.45) is 16.0. The van der Waals surface area contributed by atoms with Crippen molar-refractivity contribution in [2.75, 3.05) is 0 Å². The Bertz CT molecular complexity index is 605. The molecule has 0 fully saturated rings. The fourth-order valence-corrected chi connectivity index (χ4v) is 4.33. The third kappa shape index (κ3) is 11.1. The van der Waals surface area contributed by atoms with Crippen LogP contribution in [0.25, 0.3) is 0 Å². The lowest BCUT2D eigenvalue weighted by molar-refractivity contribution is 0.389. The maximum Gasteiger partial charge on any atom is -0.00921 e. The second-order valence-corrected chi connectivity index (χ2v) is 10.4. The highest BCUT2D eigenvalue weighted by Crippen LogP contribution is 2.23. The molecule has 0 N–H and O–H groups in total. The van der Waals surface area contributed by atoms with Gasteiger partial charge in [0.2, 0.25) is 0 Å².